The fourth-order valence-corrected chi connectivity index (χ4v) is 1.74. The van der Waals surface area contributed by atoms with E-state index in [4.69, 9.17) is 4.74 Å². The lowest BCUT2D eigenvalue weighted by Gasteiger charge is -2.15. The SMILES string of the molecule is CCC(C(C)=O)n1ccnc(NCCOC)c1=O. The number of ketones is 1. The summed E-state index contributed by atoms with van der Waals surface area (Å²) in [7, 11) is 1.58. The van der Waals surface area contributed by atoms with Gasteiger partial charge in [-0.1, -0.05) is 6.92 Å². The standard InChI is InChI=1S/C12H19N3O3/c1-4-10(9(2)16)15-7-5-13-11(12(15)17)14-6-8-18-3/h5,7,10H,4,6,8H2,1-3H3,(H,13,14). The first kappa shape index (κ1) is 14.4. The monoisotopic (exact) mass is 253 g/mol. The minimum Gasteiger partial charge on any atom is -0.383 e. The molecule has 0 saturated heterocycles. The van der Waals surface area contributed by atoms with Gasteiger partial charge in [0.2, 0.25) is 0 Å². The number of nitrogens with zero attached hydrogens (tertiary/aromatic N) is 2. The quantitative estimate of drug-likeness (QED) is 0.729. The molecule has 0 amide bonds. The summed E-state index contributed by atoms with van der Waals surface area (Å²) >= 11 is 0. The number of hydrogen-bond acceptors (Lipinski definition) is 5. The molecule has 0 aliphatic carbocycles. The van der Waals surface area contributed by atoms with Crippen LogP contribution in [0.5, 0.6) is 0 Å². The number of rotatable bonds is 7. The molecule has 0 aliphatic rings. The summed E-state index contributed by atoms with van der Waals surface area (Å²) in [6, 6.07) is -0.427. The van der Waals surface area contributed by atoms with Gasteiger partial charge in [-0.3, -0.25) is 9.59 Å². The molecule has 0 bridgehead atoms. The van der Waals surface area contributed by atoms with E-state index in [1.165, 1.54) is 17.7 Å². The van der Waals surface area contributed by atoms with E-state index in [2.05, 4.69) is 10.3 Å². The predicted octanol–water partition coefficient (Wildman–Crippen LogP) is 0.842. The van der Waals surface area contributed by atoms with E-state index >= 15 is 0 Å². The van der Waals surface area contributed by atoms with Crippen molar-refractivity contribution in [2.45, 2.75) is 26.3 Å². The van der Waals surface area contributed by atoms with Crippen molar-refractivity contribution >= 4 is 11.6 Å². The summed E-state index contributed by atoms with van der Waals surface area (Å²) in [5, 5.41) is 2.89. The number of ether oxygens (including phenoxy) is 1. The molecule has 1 heterocycles. The Hall–Kier alpha value is -1.69. The molecule has 1 aromatic heterocycles. The Morgan fingerprint density at radius 1 is 1.61 bits per heavy atom. The van der Waals surface area contributed by atoms with Crippen LogP contribution >= 0.6 is 0 Å². The Morgan fingerprint density at radius 2 is 2.33 bits per heavy atom. The number of nitrogens with one attached hydrogen (secondary N) is 1. The molecule has 18 heavy (non-hydrogen) atoms. The first-order valence-corrected chi connectivity index (χ1v) is 5.92. The fourth-order valence-electron chi connectivity index (χ4n) is 1.74. The number of methoxy groups -OCH3 is 1. The highest BCUT2D eigenvalue weighted by Crippen LogP contribution is 2.10. The van der Waals surface area contributed by atoms with Crippen LogP contribution in [0.4, 0.5) is 5.82 Å². The Balaban J connectivity index is 2.97. The topological polar surface area (TPSA) is 73.2 Å². The van der Waals surface area contributed by atoms with E-state index in [9.17, 15) is 9.59 Å². The third kappa shape index (κ3) is 3.40. The van der Waals surface area contributed by atoms with Crippen molar-refractivity contribution < 1.29 is 9.53 Å². The predicted molar refractivity (Wildman–Crippen MR) is 68.9 cm³/mol. The molecule has 1 unspecified atom stereocenters. The zero-order chi connectivity index (χ0) is 13.5. The molecule has 0 saturated carbocycles. The van der Waals surface area contributed by atoms with Gasteiger partial charge in [0.25, 0.3) is 5.56 Å². The molecule has 1 rings (SSSR count). The van der Waals surface area contributed by atoms with Crippen molar-refractivity contribution in [2.75, 3.05) is 25.6 Å². The number of Topliss-reactive ketones (excluding diaryl/α,β-unsaturated/α-hetero) is 1. The van der Waals surface area contributed by atoms with Gasteiger partial charge in [0.05, 0.1) is 12.6 Å². The van der Waals surface area contributed by atoms with Crippen LogP contribution in [-0.4, -0.2) is 35.6 Å². The normalized spacial score (nSPS) is 12.2. The third-order valence-corrected chi connectivity index (χ3v) is 2.66. The lowest BCUT2D eigenvalue weighted by Crippen LogP contribution is -2.31. The second kappa shape index (κ2) is 6.90. The zero-order valence-electron chi connectivity index (χ0n) is 11.0. The number of carbonyl (C=O) groups is 1. The van der Waals surface area contributed by atoms with Crippen LogP contribution in [0.2, 0.25) is 0 Å². The summed E-state index contributed by atoms with van der Waals surface area (Å²) in [5.41, 5.74) is -0.282. The maximum atomic E-state index is 12.1. The minimum atomic E-state index is -0.427. The summed E-state index contributed by atoms with van der Waals surface area (Å²) in [6.07, 6.45) is 3.64. The van der Waals surface area contributed by atoms with E-state index in [1.54, 1.807) is 13.3 Å². The molecule has 0 aromatic carbocycles. The van der Waals surface area contributed by atoms with Crippen molar-refractivity contribution in [3.63, 3.8) is 0 Å². The summed E-state index contributed by atoms with van der Waals surface area (Å²) in [5.74, 6) is 0.211. The van der Waals surface area contributed by atoms with Gasteiger partial charge in [-0.2, -0.15) is 0 Å². The highest BCUT2D eigenvalue weighted by Gasteiger charge is 2.16. The van der Waals surface area contributed by atoms with Gasteiger partial charge in [0, 0.05) is 26.0 Å². The highest BCUT2D eigenvalue weighted by atomic mass is 16.5. The first-order chi connectivity index (χ1) is 8.61. The van der Waals surface area contributed by atoms with E-state index < -0.39 is 6.04 Å². The molecular formula is C12H19N3O3. The van der Waals surface area contributed by atoms with Crippen molar-refractivity contribution in [1.82, 2.24) is 9.55 Å². The lowest BCUT2D eigenvalue weighted by atomic mass is 10.1. The lowest BCUT2D eigenvalue weighted by molar-refractivity contribution is -0.120. The average molecular weight is 253 g/mol. The molecule has 0 radical (unpaired) electrons. The average Bonchev–Trinajstić information content (AvgIpc) is 2.34. The molecule has 1 aromatic rings. The van der Waals surface area contributed by atoms with Crippen LogP contribution in [0.15, 0.2) is 17.2 Å². The Kier molecular flexibility index (Phi) is 5.51. The Labute approximate surface area is 106 Å². The maximum absolute atomic E-state index is 12.1. The van der Waals surface area contributed by atoms with E-state index in [-0.39, 0.29) is 17.2 Å². The van der Waals surface area contributed by atoms with Crippen molar-refractivity contribution in [2.24, 2.45) is 0 Å². The molecule has 6 heteroatoms. The van der Waals surface area contributed by atoms with Crippen molar-refractivity contribution in [3.8, 4) is 0 Å². The molecule has 6 nitrogen and oxygen atoms in total. The summed E-state index contributed by atoms with van der Waals surface area (Å²) in [6.45, 7) is 4.34. The van der Waals surface area contributed by atoms with Crippen LogP contribution in [0.1, 0.15) is 26.3 Å². The molecule has 0 spiro atoms. The number of carbonyl (C=O) groups excluding carboxylic acids is 1. The second-order valence-corrected chi connectivity index (χ2v) is 3.94. The van der Waals surface area contributed by atoms with Gasteiger partial charge in [-0.05, 0) is 13.3 Å². The molecule has 0 fully saturated rings. The van der Waals surface area contributed by atoms with E-state index in [1.807, 2.05) is 6.92 Å². The summed E-state index contributed by atoms with van der Waals surface area (Å²) < 4.78 is 6.31. The maximum Gasteiger partial charge on any atom is 0.293 e. The third-order valence-electron chi connectivity index (χ3n) is 2.66. The van der Waals surface area contributed by atoms with E-state index in [0.29, 0.717) is 19.6 Å². The molecule has 1 atom stereocenters. The van der Waals surface area contributed by atoms with Crippen LogP contribution in [0.3, 0.4) is 0 Å². The smallest absolute Gasteiger partial charge is 0.293 e. The number of aromatic nitrogens is 2. The molecule has 100 valence electrons. The largest absolute Gasteiger partial charge is 0.383 e. The van der Waals surface area contributed by atoms with Gasteiger partial charge in [0.1, 0.15) is 0 Å². The molecular weight excluding hydrogens is 234 g/mol. The van der Waals surface area contributed by atoms with Crippen LogP contribution in [-0.2, 0) is 9.53 Å². The second-order valence-electron chi connectivity index (χ2n) is 3.94. The molecule has 1 N–H and O–H groups in total. The van der Waals surface area contributed by atoms with Crippen LogP contribution < -0.4 is 10.9 Å². The minimum absolute atomic E-state index is 0.0337. The van der Waals surface area contributed by atoms with Crippen LogP contribution in [0, 0.1) is 0 Å². The first-order valence-electron chi connectivity index (χ1n) is 5.92. The van der Waals surface area contributed by atoms with Crippen LogP contribution in [0.25, 0.3) is 0 Å². The van der Waals surface area contributed by atoms with Gasteiger partial charge in [-0.25, -0.2) is 4.98 Å². The van der Waals surface area contributed by atoms with Gasteiger partial charge in [-0.15, -0.1) is 0 Å². The number of anilines is 1. The fraction of sp³-hybridized carbons (Fsp3) is 0.583. The van der Waals surface area contributed by atoms with Gasteiger partial charge < -0.3 is 14.6 Å². The van der Waals surface area contributed by atoms with Gasteiger partial charge >= 0.3 is 0 Å². The Bertz CT molecular complexity index is 456. The highest BCUT2D eigenvalue weighted by molar-refractivity contribution is 5.79. The van der Waals surface area contributed by atoms with Crippen molar-refractivity contribution in [3.05, 3.63) is 22.7 Å². The number of hydrogen-bond donors (Lipinski definition) is 1. The molecule has 0 aliphatic heterocycles. The van der Waals surface area contributed by atoms with Crippen molar-refractivity contribution in [1.29, 1.82) is 0 Å². The zero-order valence-corrected chi connectivity index (χ0v) is 11.0. The van der Waals surface area contributed by atoms with E-state index in [0.717, 1.165) is 0 Å². The Morgan fingerprint density at radius 3 is 2.89 bits per heavy atom. The summed E-state index contributed by atoms with van der Waals surface area (Å²) in [4.78, 5) is 27.6. The van der Waals surface area contributed by atoms with Gasteiger partial charge in [0.15, 0.2) is 11.6 Å².